The van der Waals surface area contributed by atoms with Gasteiger partial charge in [-0.05, 0) is 62.1 Å². The van der Waals surface area contributed by atoms with Crippen LogP contribution in [0.2, 0.25) is 0 Å². The molecule has 6 rings (SSSR count). The van der Waals surface area contributed by atoms with E-state index in [-0.39, 0.29) is 15.8 Å². The quantitative estimate of drug-likeness (QED) is 0.514. The Morgan fingerprint density at radius 3 is 2.87 bits per heavy atom. The van der Waals surface area contributed by atoms with E-state index < -0.39 is 10.0 Å². The Hall–Kier alpha value is -2.42. The Morgan fingerprint density at radius 2 is 2.00 bits per heavy atom. The van der Waals surface area contributed by atoms with Crippen molar-refractivity contribution in [3.05, 3.63) is 62.9 Å². The molecule has 1 N–H and O–H groups in total. The van der Waals surface area contributed by atoms with Gasteiger partial charge in [0.1, 0.15) is 0 Å². The van der Waals surface area contributed by atoms with E-state index in [4.69, 9.17) is 0 Å². The lowest BCUT2D eigenvalue weighted by Gasteiger charge is -2.39. The second-order valence-electron chi connectivity index (χ2n) is 8.23. The van der Waals surface area contributed by atoms with E-state index in [1.807, 2.05) is 0 Å². The maximum atomic E-state index is 13.6. The number of hydrogen-bond donors (Lipinski definition) is 1. The lowest BCUT2D eigenvalue weighted by atomic mass is 9.90. The van der Waals surface area contributed by atoms with Gasteiger partial charge in [0.15, 0.2) is 0 Å². The second kappa shape index (κ2) is 6.29. The van der Waals surface area contributed by atoms with Crippen molar-refractivity contribution in [1.82, 2.24) is 13.9 Å². The van der Waals surface area contributed by atoms with Crippen molar-refractivity contribution in [2.45, 2.75) is 43.7 Å². The average Bonchev–Trinajstić information content (AvgIpc) is 3.26. The van der Waals surface area contributed by atoms with E-state index in [0.29, 0.717) is 18.6 Å². The molecule has 6 nitrogen and oxygen atoms in total. The number of benzene rings is 2. The van der Waals surface area contributed by atoms with Crippen LogP contribution in [-0.2, 0) is 23.0 Å². The number of hydrogen-bond acceptors (Lipinski definition) is 4. The highest BCUT2D eigenvalue weighted by Crippen LogP contribution is 2.44. The summed E-state index contributed by atoms with van der Waals surface area (Å²) >= 11 is 1.09. The minimum absolute atomic E-state index is 0.141. The average molecular weight is 440 g/mol. The van der Waals surface area contributed by atoms with Gasteiger partial charge in [0.05, 0.1) is 21.2 Å². The fraction of sp³-hybridized carbons (Fsp3) is 0.318. The molecule has 8 heteroatoms. The molecule has 1 atom stereocenters. The first-order valence-corrected chi connectivity index (χ1v) is 12.5. The van der Waals surface area contributed by atoms with Crippen LogP contribution in [-0.4, -0.2) is 28.8 Å². The number of thiazole rings is 1. The van der Waals surface area contributed by atoms with E-state index >= 15 is 0 Å². The van der Waals surface area contributed by atoms with Gasteiger partial charge in [0, 0.05) is 29.7 Å². The number of sulfonamides is 1. The molecule has 3 heterocycles. The molecule has 1 aliphatic carbocycles. The first-order chi connectivity index (χ1) is 14.4. The summed E-state index contributed by atoms with van der Waals surface area (Å²) in [5.41, 5.74) is 5.50. The third-order valence-corrected chi connectivity index (χ3v) is 9.24. The Bertz CT molecular complexity index is 1490. The number of fused-ring (bicyclic) bond motifs is 4. The monoisotopic (exact) mass is 439 g/mol. The predicted octanol–water partition coefficient (Wildman–Crippen LogP) is 3.93. The molecule has 154 valence electrons. The molecule has 0 radical (unpaired) electrons. The smallest absolute Gasteiger partial charge is 0.305 e. The van der Waals surface area contributed by atoms with Crippen LogP contribution >= 0.6 is 11.3 Å². The number of aromatic nitrogens is 2. The van der Waals surface area contributed by atoms with E-state index in [1.165, 1.54) is 27.7 Å². The zero-order chi connectivity index (χ0) is 20.6. The van der Waals surface area contributed by atoms with Crippen molar-refractivity contribution in [3.63, 3.8) is 0 Å². The Labute approximate surface area is 177 Å². The maximum absolute atomic E-state index is 13.6. The molecule has 2 aromatic carbocycles. The highest BCUT2D eigenvalue weighted by Gasteiger charge is 2.40. The minimum atomic E-state index is -3.67. The highest BCUT2D eigenvalue weighted by molar-refractivity contribution is 7.89. The summed E-state index contributed by atoms with van der Waals surface area (Å²) in [6, 6.07) is 11.3. The Kier molecular flexibility index (Phi) is 3.85. The molecule has 0 bridgehead atoms. The molecule has 0 saturated carbocycles. The first-order valence-electron chi connectivity index (χ1n) is 10.2. The van der Waals surface area contributed by atoms with Crippen LogP contribution in [0.5, 0.6) is 0 Å². The van der Waals surface area contributed by atoms with Gasteiger partial charge < -0.3 is 9.55 Å². The van der Waals surface area contributed by atoms with Gasteiger partial charge in [0.25, 0.3) is 0 Å². The fourth-order valence-corrected chi connectivity index (χ4v) is 7.56. The van der Waals surface area contributed by atoms with Crippen molar-refractivity contribution in [2.24, 2.45) is 0 Å². The molecule has 0 spiro atoms. The summed E-state index contributed by atoms with van der Waals surface area (Å²) < 4.78 is 32.1. The first kappa shape index (κ1) is 18.4. The normalized spacial score (nSPS) is 19.4. The zero-order valence-corrected chi connectivity index (χ0v) is 18.1. The lowest BCUT2D eigenvalue weighted by molar-refractivity contribution is 0.243. The number of aromatic amines is 1. The lowest BCUT2D eigenvalue weighted by Crippen LogP contribution is -2.43. The Morgan fingerprint density at radius 1 is 1.13 bits per heavy atom. The van der Waals surface area contributed by atoms with Crippen LogP contribution < -0.4 is 4.87 Å². The number of rotatable bonds is 2. The number of aryl methyl sites for hydroxylation is 2. The van der Waals surface area contributed by atoms with Crippen molar-refractivity contribution in [3.8, 4) is 0 Å². The highest BCUT2D eigenvalue weighted by atomic mass is 32.2. The molecule has 0 saturated heterocycles. The summed E-state index contributed by atoms with van der Waals surface area (Å²) in [6.07, 6.45) is 2.81. The van der Waals surface area contributed by atoms with Crippen molar-refractivity contribution < 1.29 is 8.42 Å². The van der Waals surface area contributed by atoms with Gasteiger partial charge in [-0.2, -0.15) is 4.31 Å². The van der Waals surface area contributed by atoms with Crippen LogP contribution in [0, 0.1) is 6.92 Å². The molecule has 1 aliphatic heterocycles. The summed E-state index contributed by atoms with van der Waals surface area (Å²) in [4.78, 5) is 14.5. The molecule has 1 unspecified atom stereocenters. The van der Waals surface area contributed by atoms with Gasteiger partial charge in [-0.15, -0.1) is 0 Å². The summed E-state index contributed by atoms with van der Waals surface area (Å²) in [5, 5.41) is 1.27. The minimum Gasteiger partial charge on any atom is -0.341 e. The number of H-pyrrole nitrogens is 1. The zero-order valence-electron chi connectivity index (χ0n) is 16.5. The maximum Gasteiger partial charge on any atom is 0.305 e. The summed E-state index contributed by atoms with van der Waals surface area (Å²) in [7, 11) is -3.67. The summed E-state index contributed by atoms with van der Waals surface area (Å²) in [5.74, 6) is 0. The SMILES string of the molecule is Cc1ccc2c(c1)c1c3n2CCN(S(=O)(=O)c2ccc4sc(=O)[nH]c4c2)C3CCC1. The number of nitrogens with one attached hydrogen (secondary N) is 1. The Balaban J connectivity index is 1.50. The predicted molar refractivity (Wildman–Crippen MR) is 119 cm³/mol. The van der Waals surface area contributed by atoms with Crippen molar-refractivity contribution >= 4 is 42.5 Å². The third-order valence-electron chi connectivity index (χ3n) is 6.48. The molecular weight excluding hydrogens is 418 g/mol. The van der Waals surface area contributed by atoms with Crippen molar-refractivity contribution in [1.29, 1.82) is 0 Å². The fourth-order valence-electron chi connectivity index (χ4n) is 5.20. The van der Waals surface area contributed by atoms with Gasteiger partial charge in [0.2, 0.25) is 10.0 Å². The van der Waals surface area contributed by atoms with Gasteiger partial charge in [-0.3, -0.25) is 4.79 Å². The van der Waals surface area contributed by atoms with E-state index in [2.05, 4.69) is 34.7 Å². The third kappa shape index (κ3) is 2.50. The van der Waals surface area contributed by atoms with E-state index in [0.717, 1.165) is 35.3 Å². The van der Waals surface area contributed by atoms with Crippen LogP contribution in [0.1, 0.15) is 35.7 Å². The topological polar surface area (TPSA) is 75.2 Å². The number of nitrogens with zero attached hydrogens (tertiary/aromatic N) is 2. The van der Waals surface area contributed by atoms with Gasteiger partial charge in [-0.25, -0.2) is 8.42 Å². The van der Waals surface area contributed by atoms with E-state index in [1.54, 1.807) is 22.5 Å². The van der Waals surface area contributed by atoms with Crippen molar-refractivity contribution in [2.75, 3.05) is 6.54 Å². The van der Waals surface area contributed by atoms with E-state index in [9.17, 15) is 13.2 Å². The largest absolute Gasteiger partial charge is 0.341 e. The summed E-state index contributed by atoms with van der Waals surface area (Å²) in [6.45, 7) is 3.21. The molecule has 0 amide bonds. The molecule has 2 aliphatic rings. The standard InChI is InChI=1S/C22H21N3O3S2/c1-13-5-7-18-16(11-13)15-3-2-4-19-21(15)24(18)9-10-25(19)30(27,28)14-6-8-20-17(12-14)23-22(26)29-20/h5-8,11-12,19H,2-4,9-10H2,1H3,(H,23,26). The van der Waals surface area contributed by atoms with Crippen LogP contribution in [0.15, 0.2) is 46.1 Å². The van der Waals surface area contributed by atoms with Crippen LogP contribution in [0.4, 0.5) is 0 Å². The van der Waals surface area contributed by atoms with Crippen LogP contribution in [0.25, 0.3) is 21.1 Å². The van der Waals surface area contributed by atoms with Gasteiger partial charge in [-0.1, -0.05) is 23.0 Å². The second-order valence-corrected chi connectivity index (χ2v) is 11.1. The molecule has 4 aromatic rings. The molecule has 2 aromatic heterocycles. The molecule has 30 heavy (non-hydrogen) atoms. The molecular formula is C22H21N3O3S2. The van der Waals surface area contributed by atoms with Crippen LogP contribution in [0.3, 0.4) is 0 Å². The van der Waals surface area contributed by atoms with Gasteiger partial charge >= 0.3 is 4.87 Å². The molecule has 0 fully saturated rings.